The van der Waals surface area contributed by atoms with Gasteiger partial charge in [-0.05, 0) is 73.5 Å². The topological polar surface area (TPSA) is 106 Å². The summed E-state index contributed by atoms with van der Waals surface area (Å²) >= 11 is 5.85. The molecule has 174 valence electrons. The lowest BCUT2D eigenvalue weighted by atomic mass is 10.2. The molecule has 2 N–H and O–H groups in total. The molecule has 0 saturated heterocycles. The van der Waals surface area contributed by atoms with Crippen LogP contribution in [-0.2, 0) is 9.59 Å². The van der Waals surface area contributed by atoms with Gasteiger partial charge in [-0.2, -0.15) is 5.10 Å². The van der Waals surface area contributed by atoms with E-state index in [9.17, 15) is 14.4 Å². The Morgan fingerprint density at radius 2 is 1.71 bits per heavy atom. The van der Waals surface area contributed by atoms with E-state index in [-0.39, 0.29) is 5.75 Å². The number of hydrogen-bond acceptors (Lipinski definition) is 6. The molecule has 0 heterocycles. The van der Waals surface area contributed by atoms with Crippen molar-refractivity contribution >= 4 is 41.3 Å². The van der Waals surface area contributed by atoms with Gasteiger partial charge in [0, 0.05) is 10.7 Å². The Kier molecular flexibility index (Phi) is 8.37. The Labute approximate surface area is 201 Å². The smallest absolute Gasteiger partial charge is 0.343 e. The number of nitrogens with zero attached hydrogens (tertiary/aromatic N) is 1. The number of para-hydroxylation sites is 1. The number of benzene rings is 3. The predicted octanol–water partition coefficient (Wildman–Crippen LogP) is 4.36. The third-order valence-electron chi connectivity index (χ3n) is 4.53. The molecule has 9 heteroatoms. The normalized spacial score (nSPS) is 10.6. The average Bonchev–Trinajstić information content (AvgIpc) is 2.82. The molecule has 0 radical (unpaired) electrons. The molecule has 0 aliphatic heterocycles. The second kappa shape index (κ2) is 11.6. The highest BCUT2D eigenvalue weighted by molar-refractivity contribution is 6.39. The number of aryl methyl sites for hydroxylation is 1. The van der Waals surface area contributed by atoms with Crippen LogP contribution < -0.4 is 20.2 Å². The van der Waals surface area contributed by atoms with Crippen molar-refractivity contribution in [1.82, 2.24) is 5.43 Å². The number of hydrogen-bond donors (Lipinski definition) is 2. The van der Waals surface area contributed by atoms with Gasteiger partial charge in [-0.15, -0.1) is 0 Å². The largest absolute Gasteiger partial charge is 0.490 e. The highest BCUT2D eigenvalue weighted by Gasteiger charge is 2.15. The molecule has 0 unspecified atom stereocenters. The summed E-state index contributed by atoms with van der Waals surface area (Å²) < 4.78 is 11.0. The lowest BCUT2D eigenvalue weighted by Crippen LogP contribution is -2.32. The number of halogens is 1. The summed E-state index contributed by atoms with van der Waals surface area (Å²) in [5.41, 5.74) is 4.43. The fraction of sp³-hybridized carbons (Fsp3) is 0.120. The highest BCUT2D eigenvalue weighted by atomic mass is 35.5. The number of carbonyl (C=O) groups excluding carboxylic acids is 3. The minimum absolute atomic E-state index is 0.223. The maximum atomic E-state index is 12.4. The molecule has 3 aromatic carbocycles. The van der Waals surface area contributed by atoms with Crippen LogP contribution in [0.3, 0.4) is 0 Å². The van der Waals surface area contributed by atoms with Crippen molar-refractivity contribution in [2.45, 2.75) is 13.8 Å². The minimum atomic E-state index is -0.918. The number of hydrazone groups is 1. The Balaban J connectivity index is 1.64. The summed E-state index contributed by atoms with van der Waals surface area (Å²) in [6.07, 6.45) is 1.34. The second-order valence-corrected chi connectivity index (χ2v) is 7.44. The summed E-state index contributed by atoms with van der Waals surface area (Å²) in [5, 5.41) is 6.85. The van der Waals surface area contributed by atoms with Crippen LogP contribution in [0.2, 0.25) is 5.02 Å². The highest BCUT2D eigenvalue weighted by Crippen LogP contribution is 2.29. The van der Waals surface area contributed by atoms with Crippen LogP contribution in [0.15, 0.2) is 71.8 Å². The van der Waals surface area contributed by atoms with Crippen LogP contribution in [0.1, 0.15) is 28.4 Å². The second-order valence-electron chi connectivity index (χ2n) is 7.00. The first-order chi connectivity index (χ1) is 16.4. The van der Waals surface area contributed by atoms with E-state index in [1.54, 1.807) is 61.5 Å². The lowest BCUT2D eigenvalue weighted by molar-refractivity contribution is -0.136. The number of carbonyl (C=O) groups is 3. The number of esters is 1. The molecule has 8 nitrogen and oxygen atoms in total. The fourth-order valence-corrected chi connectivity index (χ4v) is 2.94. The molecule has 0 fully saturated rings. The van der Waals surface area contributed by atoms with Gasteiger partial charge in [0.1, 0.15) is 0 Å². The zero-order chi connectivity index (χ0) is 24.5. The van der Waals surface area contributed by atoms with Crippen LogP contribution in [0.25, 0.3) is 0 Å². The Bertz CT molecular complexity index is 1230. The minimum Gasteiger partial charge on any atom is -0.490 e. The molecule has 3 rings (SSSR count). The van der Waals surface area contributed by atoms with Gasteiger partial charge in [-0.25, -0.2) is 10.2 Å². The van der Waals surface area contributed by atoms with Crippen molar-refractivity contribution in [3.63, 3.8) is 0 Å². The van der Waals surface area contributed by atoms with Crippen molar-refractivity contribution in [3.05, 3.63) is 88.4 Å². The third kappa shape index (κ3) is 6.66. The van der Waals surface area contributed by atoms with Crippen LogP contribution in [0.5, 0.6) is 11.5 Å². The Morgan fingerprint density at radius 1 is 0.971 bits per heavy atom. The molecule has 0 atom stereocenters. The summed E-state index contributed by atoms with van der Waals surface area (Å²) in [4.78, 5) is 36.5. The van der Waals surface area contributed by atoms with E-state index in [0.717, 1.165) is 5.56 Å². The van der Waals surface area contributed by atoms with E-state index < -0.39 is 17.8 Å². The van der Waals surface area contributed by atoms with E-state index in [4.69, 9.17) is 21.1 Å². The van der Waals surface area contributed by atoms with Gasteiger partial charge in [0.15, 0.2) is 11.5 Å². The molecule has 0 spiro atoms. The van der Waals surface area contributed by atoms with Gasteiger partial charge in [0.2, 0.25) is 0 Å². The maximum Gasteiger partial charge on any atom is 0.343 e. The summed E-state index contributed by atoms with van der Waals surface area (Å²) in [6, 6.07) is 18.2. The van der Waals surface area contributed by atoms with Gasteiger partial charge >= 0.3 is 17.8 Å². The van der Waals surface area contributed by atoms with E-state index in [2.05, 4.69) is 15.8 Å². The van der Waals surface area contributed by atoms with Crippen molar-refractivity contribution < 1.29 is 23.9 Å². The summed E-state index contributed by atoms with van der Waals surface area (Å²) in [5.74, 6) is -1.78. The molecule has 3 aromatic rings. The van der Waals surface area contributed by atoms with Crippen molar-refractivity contribution in [2.75, 3.05) is 11.9 Å². The monoisotopic (exact) mass is 479 g/mol. The fourth-order valence-electron chi connectivity index (χ4n) is 2.81. The van der Waals surface area contributed by atoms with Crippen LogP contribution in [0.4, 0.5) is 5.69 Å². The van der Waals surface area contributed by atoms with Crippen molar-refractivity contribution in [2.24, 2.45) is 5.10 Å². The van der Waals surface area contributed by atoms with Crippen molar-refractivity contribution in [3.8, 4) is 11.5 Å². The number of anilines is 1. The van der Waals surface area contributed by atoms with E-state index in [1.807, 2.05) is 19.1 Å². The number of amides is 2. The van der Waals surface area contributed by atoms with E-state index in [0.29, 0.717) is 34.2 Å². The zero-order valence-electron chi connectivity index (χ0n) is 18.5. The number of rotatable bonds is 7. The molecule has 2 amide bonds. The Morgan fingerprint density at radius 3 is 2.41 bits per heavy atom. The summed E-state index contributed by atoms with van der Waals surface area (Å²) in [7, 11) is 0. The molecule has 0 bridgehead atoms. The van der Waals surface area contributed by atoms with Crippen LogP contribution in [0, 0.1) is 6.92 Å². The van der Waals surface area contributed by atoms with Crippen molar-refractivity contribution in [1.29, 1.82) is 0 Å². The quantitative estimate of drug-likeness (QED) is 0.172. The first-order valence-corrected chi connectivity index (χ1v) is 10.7. The maximum absolute atomic E-state index is 12.4. The standard InChI is InChI=1S/C25H22ClN3O5/c1-3-33-22-14-17(8-13-21(22)34-25(32)18-9-11-19(26)12-10-18)15-27-29-24(31)23(30)28-20-7-5-4-6-16(20)2/h4-15H,3H2,1-2H3,(H,28,30)(H,29,31). The SMILES string of the molecule is CCOc1cc(C=NNC(=O)C(=O)Nc2ccccc2C)ccc1OC(=O)c1ccc(Cl)cc1. The zero-order valence-corrected chi connectivity index (χ0v) is 19.3. The molecular formula is C25H22ClN3O5. The molecule has 0 saturated carbocycles. The van der Waals surface area contributed by atoms with Crippen LogP contribution >= 0.6 is 11.6 Å². The molecule has 0 aromatic heterocycles. The Hall–Kier alpha value is -4.17. The predicted molar refractivity (Wildman–Crippen MR) is 130 cm³/mol. The molecule has 0 aliphatic rings. The number of nitrogens with one attached hydrogen (secondary N) is 2. The van der Waals surface area contributed by atoms with Gasteiger partial charge < -0.3 is 14.8 Å². The third-order valence-corrected chi connectivity index (χ3v) is 4.78. The van der Waals surface area contributed by atoms with Gasteiger partial charge in [-0.1, -0.05) is 29.8 Å². The number of ether oxygens (including phenoxy) is 2. The van der Waals surface area contributed by atoms with Crippen LogP contribution in [-0.4, -0.2) is 30.6 Å². The molecule has 34 heavy (non-hydrogen) atoms. The van der Waals surface area contributed by atoms with E-state index in [1.165, 1.54) is 6.21 Å². The first kappa shape index (κ1) is 24.5. The van der Waals surface area contributed by atoms with E-state index >= 15 is 0 Å². The first-order valence-electron chi connectivity index (χ1n) is 10.3. The molecule has 0 aliphatic carbocycles. The molecular weight excluding hydrogens is 458 g/mol. The lowest BCUT2D eigenvalue weighted by Gasteiger charge is -2.11. The van der Waals surface area contributed by atoms with Gasteiger partial charge in [0.25, 0.3) is 0 Å². The van der Waals surface area contributed by atoms with Gasteiger partial charge in [-0.3, -0.25) is 9.59 Å². The average molecular weight is 480 g/mol. The van der Waals surface area contributed by atoms with Gasteiger partial charge in [0.05, 0.1) is 18.4 Å². The summed E-state index contributed by atoms with van der Waals surface area (Å²) in [6.45, 7) is 3.94.